The van der Waals surface area contributed by atoms with Gasteiger partial charge in [-0.15, -0.1) is 0 Å². The zero-order chi connectivity index (χ0) is 24.2. The fraction of sp³-hybridized carbons (Fsp3) is 0.440. The molecular weight excluding hydrogens is 450 g/mol. The smallest absolute Gasteiger partial charge is 0.341 e. The first-order valence-corrected chi connectivity index (χ1v) is 11.9. The van der Waals surface area contributed by atoms with Gasteiger partial charge >= 0.3 is 5.97 Å². The Morgan fingerprint density at radius 2 is 1.86 bits per heavy atom. The molecule has 2 aromatic heterocycles. The van der Waals surface area contributed by atoms with Crippen LogP contribution in [-0.2, 0) is 9.47 Å². The van der Waals surface area contributed by atoms with Crippen LogP contribution in [0.5, 0.6) is 11.5 Å². The molecule has 0 atom stereocenters. The van der Waals surface area contributed by atoms with Gasteiger partial charge in [0.25, 0.3) is 0 Å². The SMILES string of the molecule is COC(=O)c1cc(N[C@H]2CC[C@@H](Oc3cc(N4CCOCC4)cc4nccnc34)CC2)ncc1O. The van der Waals surface area contributed by atoms with Crippen molar-refractivity contribution in [1.29, 1.82) is 0 Å². The van der Waals surface area contributed by atoms with E-state index in [0.29, 0.717) is 19.0 Å². The number of fused-ring (bicyclic) bond motifs is 1. The molecule has 10 nitrogen and oxygen atoms in total. The van der Waals surface area contributed by atoms with Crippen LogP contribution >= 0.6 is 0 Å². The summed E-state index contributed by atoms with van der Waals surface area (Å²) in [6.07, 6.45) is 8.22. The van der Waals surface area contributed by atoms with Crippen LogP contribution in [0.1, 0.15) is 36.0 Å². The number of nitrogens with zero attached hydrogens (tertiary/aromatic N) is 4. The third-order valence-electron chi connectivity index (χ3n) is 6.51. The van der Waals surface area contributed by atoms with Gasteiger partial charge in [0.2, 0.25) is 0 Å². The largest absolute Gasteiger partial charge is 0.505 e. The summed E-state index contributed by atoms with van der Waals surface area (Å²) >= 11 is 0. The number of anilines is 2. The lowest BCUT2D eigenvalue weighted by atomic mass is 9.93. The van der Waals surface area contributed by atoms with Crippen LogP contribution in [-0.4, -0.2) is 71.6 Å². The Kier molecular flexibility index (Phi) is 6.80. The summed E-state index contributed by atoms with van der Waals surface area (Å²) in [6, 6.07) is 5.84. The first-order valence-electron chi connectivity index (χ1n) is 11.9. The van der Waals surface area contributed by atoms with Crippen LogP contribution < -0.4 is 15.0 Å². The topological polar surface area (TPSA) is 119 Å². The van der Waals surface area contributed by atoms with E-state index in [1.165, 1.54) is 19.4 Å². The highest BCUT2D eigenvalue weighted by atomic mass is 16.5. The second kappa shape index (κ2) is 10.3. The van der Waals surface area contributed by atoms with Gasteiger partial charge in [-0.25, -0.2) is 14.8 Å². The molecule has 1 saturated carbocycles. The van der Waals surface area contributed by atoms with E-state index < -0.39 is 5.97 Å². The zero-order valence-electron chi connectivity index (χ0n) is 19.6. The van der Waals surface area contributed by atoms with Gasteiger partial charge in [0.15, 0.2) is 0 Å². The number of rotatable bonds is 6. The second-order valence-corrected chi connectivity index (χ2v) is 8.78. The summed E-state index contributed by atoms with van der Waals surface area (Å²) in [4.78, 5) is 27.4. The Morgan fingerprint density at radius 1 is 1.09 bits per heavy atom. The van der Waals surface area contributed by atoms with Crippen LogP contribution in [0.2, 0.25) is 0 Å². The summed E-state index contributed by atoms with van der Waals surface area (Å²) in [6.45, 7) is 3.10. The number of carbonyl (C=O) groups is 1. The molecule has 5 rings (SSSR count). The van der Waals surface area contributed by atoms with Crippen molar-refractivity contribution in [2.75, 3.05) is 43.6 Å². The van der Waals surface area contributed by atoms with Crippen molar-refractivity contribution in [3.8, 4) is 11.5 Å². The summed E-state index contributed by atoms with van der Waals surface area (Å²) in [7, 11) is 1.28. The molecule has 35 heavy (non-hydrogen) atoms. The molecule has 1 aromatic carbocycles. The van der Waals surface area contributed by atoms with Crippen LogP contribution in [0.15, 0.2) is 36.8 Å². The molecule has 0 bridgehead atoms. The van der Waals surface area contributed by atoms with Gasteiger partial charge in [-0.05, 0) is 37.8 Å². The molecule has 10 heteroatoms. The van der Waals surface area contributed by atoms with Crippen molar-refractivity contribution in [3.63, 3.8) is 0 Å². The standard InChI is InChI=1S/C25H29N5O5/c1-33-25(32)19-14-23(28-15-21(19)31)29-16-2-4-18(5-3-16)35-22-13-17(30-8-10-34-11-9-30)12-20-24(22)27-7-6-26-20/h6-7,12-16,18,31H,2-5,8-11H2,1H3,(H,28,29)/t16-,18+. The van der Waals surface area contributed by atoms with Gasteiger partial charge in [-0.3, -0.25) is 4.98 Å². The van der Waals surface area contributed by atoms with Crippen LogP contribution in [0.3, 0.4) is 0 Å². The highest BCUT2D eigenvalue weighted by Crippen LogP contribution is 2.33. The van der Waals surface area contributed by atoms with Crippen molar-refractivity contribution < 1.29 is 24.1 Å². The van der Waals surface area contributed by atoms with E-state index in [1.807, 2.05) is 0 Å². The van der Waals surface area contributed by atoms with Crippen molar-refractivity contribution in [2.45, 2.75) is 37.8 Å². The lowest BCUT2D eigenvalue weighted by molar-refractivity contribution is 0.0597. The highest BCUT2D eigenvalue weighted by Gasteiger charge is 2.25. The average molecular weight is 480 g/mol. The molecule has 2 aliphatic rings. The zero-order valence-corrected chi connectivity index (χ0v) is 19.6. The molecule has 1 saturated heterocycles. The van der Waals surface area contributed by atoms with Crippen molar-refractivity contribution in [1.82, 2.24) is 15.0 Å². The van der Waals surface area contributed by atoms with Gasteiger partial charge in [-0.1, -0.05) is 0 Å². The van der Waals surface area contributed by atoms with Gasteiger partial charge in [0, 0.05) is 43.3 Å². The van der Waals surface area contributed by atoms with Crippen LogP contribution in [0, 0.1) is 0 Å². The molecule has 3 heterocycles. The van der Waals surface area contributed by atoms with Crippen LogP contribution in [0.25, 0.3) is 11.0 Å². The summed E-state index contributed by atoms with van der Waals surface area (Å²) < 4.78 is 16.7. The molecule has 0 amide bonds. The number of benzene rings is 1. The number of hydrogen-bond acceptors (Lipinski definition) is 10. The quantitative estimate of drug-likeness (QED) is 0.510. The first kappa shape index (κ1) is 23.1. The molecule has 0 unspecified atom stereocenters. The molecule has 1 aliphatic heterocycles. The van der Waals surface area contributed by atoms with Crippen molar-refractivity contribution >= 4 is 28.5 Å². The number of carbonyl (C=O) groups excluding carboxylic acids is 1. The lowest BCUT2D eigenvalue weighted by Gasteiger charge is -2.31. The van der Waals surface area contributed by atoms with Crippen LogP contribution in [0.4, 0.5) is 11.5 Å². The van der Waals surface area contributed by atoms with Crippen molar-refractivity contribution in [3.05, 3.63) is 42.4 Å². The Balaban J connectivity index is 1.25. The summed E-state index contributed by atoms with van der Waals surface area (Å²) in [5.74, 6) is 0.498. The molecule has 0 radical (unpaired) electrons. The Morgan fingerprint density at radius 3 is 2.63 bits per heavy atom. The maximum atomic E-state index is 11.8. The Bertz CT molecular complexity index is 1190. The molecule has 2 N–H and O–H groups in total. The normalized spacial score (nSPS) is 20.4. The fourth-order valence-electron chi connectivity index (χ4n) is 4.64. The predicted octanol–water partition coefficient (Wildman–Crippen LogP) is 3.16. The van der Waals surface area contributed by atoms with E-state index in [0.717, 1.165) is 61.2 Å². The van der Waals surface area contributed by atoms with E-state index in [-0.39, 0.29) is 23.5 Å². The minimum Gasteiger partial charge on any atom is -0.505 e. The van der Waals surface area contributed by atoms with Gasteiger partial charge in [0.1, 0.15) is 28.4 Å². The van der Waals surface area contributed by atoms with E-state index >= 15 is 0 Å². The highest BCUT2D eigenvalue weighted by molar-refractivity contribution is 5.93. The van der Waals surface area contributed by atoms with Crippen molar-refractivity contribution in [2.24, 2.45) is 0 Å². The van der Waals surface area contributed by atoms with E-state index in [4.69, 9.17) is 14.2 Å². The van der Waals surface area contributed by atoms with Gasteiger partial charge in [-0.2, -0.15) is 0 Å². The number of methoxy groups -OCH3 is 1. The number of morpholine rings is 1. The minimum atomic E-state index is -0.598. The monoisotopic (exact) mass is 479 g/mol. The fourth-order valence-corrected chi connectivity index (χ4v) is 4.64. The van der Waals surface area contributed by atoms with E-state index in [9.17, 15) is 9.90 Å². The molecule has 3 aromatic rings. The molecular formula is C25H29N5O5. The number of nitrogens with one attached hydrogen (secondary N) is 1. The Hall–Kier alpha value is -3.66. The first-order chi connectivity index (χ1) is 17.1. The maximum Gasteiger partial charge on any atom is 0.341 e. The molecule has 2 fully saturated rings. The number of esters is 1. The minimum absolute atomic E-state index is 0.0663. The van der Waals surface area contributed by atoms with E-state index in [2.05, 4.69) is 37.3 Å². The number of aromatic nitrogens is 3. The number of hydrogen-bond donors (Lipinski definition) is 2. The Labute approximate surface area is 203 Å². The lowest BCUT2D eigenvalue weighted by Crippen LogP contribution is -2.36. The summed E-state index contributed by atoms with van der Waals surface area (Å²) in [5, 5.41) is 13.2. The average Bonchev–Trinajstić information content (AvgIpc) is 2.91. The predicted molar refractivity (Wildman–Crippen MR) is 130 cm³/mol. The number of pyridine rings is 1. The third kappa shape index (κ3) is 5.22. The third-order valence-corrected chi connectivity index (χ3v) is 6.51. The molecule has 0 spiro atoms. The number of aromatic hydroxyl groups is 1. The summed E-state index contributed by atoms with van der Waals surface area (Å²) in [5.41, 5.74) is 2.76. The molecule has 184 valence electrons. The second-order valence-electron chi connectivity index (χ2n) is 8.78. The van der Waals surface area contributed by atoms with E-state index in [1.54, 1.807) is 12.4 Å². The number of ether oxygens (including phenoxy) is 3. The van der Waals surface area contributed by atoms with Gasteiger partial charge in [0.05, 0.1) is 38.1 Å². The maximum absolute atomic E-state index is 11.8. The molecule has 1 aliphatic carbocycles. The van der Waals surface area contributed by atoms with Gasteiger partial charge < -0.3 is 29.5 Å².